The van der Waals surface area contributed by atoms with E-state index in [1.54, 1.807) is 12.1 Å². The number of phenols is 3. The quantitative estimate of drug-likeness (QED) is 0.738. The molecular weight excluding hydrogens is 288 g/mol. The van der Waals surface area contributed by atoms with E-state index in [0.717, 1.165) is 0 Å². The zero-order chi connectivity index (χ0) is 15.9. The maximum absolute atomic E-state index is 12.2. The molecule has 0 unspecified atom stereocenters. The summed E-state index contributed by atoms with van der Waals surface area (Å²) in [6, 6.07) is 7.08. The van der Waals surface area contributed by atoms with Crippen LogP contribution >= 0.6 is 0 Å². The van der Waals surface area contributed by atoms with Crippen molar-refractivity contribution in [3.63, 3.8) is 0 Å². The Balaban J connectivity index is 2.06. The topological polar surface area (TPSA) is 96.2 Å². The second-order valence-corrected chi connectivity index (χ2v) is 4.97. The van der Waals surface area contributed by atoms with E-state index in [2.05, 4.69) is 0 Å². The van der Waals surface area contributed by atoms with Crippen molar-refractivity contribution >= 4 is 5.78 Å². The molecule has 1 heterocycles. The summed E-state index contributed by atoms with van der Waals surface area (Å²) in [5.41, 5.74) is 0.333. The van der Waals surface area contributed by atoms with Crippen LogP contribution < -0.4 is 9.47 Å². The van der Waals surface area contributed by atoms with Gasteiger partial charge in [-0.1, -0.05) is 0 Å². The second-order valence-electron chi connectivity index (χ2n) is 4.97. The first-order valence-electron chi connectivity index (χ1n) is 6.63. The zero-order valence-electron chi connectivity index (χ0n) is 11.7. The number of methoxy groups -OCH3 is 1. The van der Waals surface area contributed by atoms with Gasteiger partial charge in [0.15, 0.2) is 17.3 Å². The van der Waals surface area contributed by atoms with E-state index in [1.165, 1.54) is 25.3 Å². The molecule has 0 amide bonds. The first-order valence-corrected chi connectivity index (χ1v) is 6.63. The molecule has 3 rings (SSSR count). The van der Waals surface area contributed by atoms with Crippen LogP contribution in [0.4, 0.5) is 0 Å². The van der Waals surface area contributed by atoms with Crippen LogP contribution in [0.5, 0.6) is 28.7 Å². The third-order valence-electron chi connectivity index (χ3n) is 3.61. The smallest absolute Gasteiger partial charge is 0.176 e. The van der Waals surface area contributed by atoms with Crippen molar-refractivity contribution in [3.05, 3.63) is 41.5 Å². The van der Waals surface area contributed by atoms with Crippen LogP contribution in [-0.2, 0) is 0 Å². The van der Waals surface area contributed by atoms with Crippen LogP contribution in [0.15, 0.2) is 30.3 Å². The number of fused-ring (bicyclic) bond motifs is 1. The molecule has 0 saturated carbocycles. The fraction of sp³-hybridized carbons (Fsp3) is 0.188. The van der Waals surface area contributed by atoms with Gasteiger partial charge in [-0.2, -0.15) is 0 Å². The highest BCUT2D eigenvalue weighted by atomic mass is 16.5. The molecule has 6 heteroatoms. The first-order chi connectivity index (χ1) is 10.5. The first kappa shape index (κ1) is 14.1. The number of carbonyl (C=O) groups excluding carboxylic acids is 1. The maximum atomic E-state index is 12.2. The van der Waals surface area contributed by atoms with Gasteiger partial charge in [-0.25, -0.2) is 0 Å². The predicted molar refractivity (Wildman–Crippen MR) is 76.7 cm³/mol. The summed E-state index contributed by atoms with van der Waals surface area (Å²) in [5, 5.41) is 29.6. The van der Waals surface area contributed by atoms with E-state index < -0.39 is 6.10 Å². The summed E-state index contributed by atoms with van der Waals surface area (Å²) in [7, 11) is 1.49. The molecule has 22 heavy (non-hydrogen) atoms. The molecule has 0 bridgehead atoms. The molecular formula is C16H14O6. The number of ether oxygens (including phenoxy) is 2. The van der Waals surface area contributed by atoms with Gasteiger partial charge >= 0.3 is 0 Å². The normalized spacial score (nSPS) is 16.8. The van der Waals surface area contributed by atoms with Crippen molar-refractivity contribution in [3.8, 4) is 28.7 Å². The van der Waals surface area contributed by atoms with Gasteiger partial charge in [0.25, 0.3) is 0 Å². The van der Waals surface area contributed by atoms with Gasteiger partial charge in [0, 0.05) is 5.56 Å². The summed E-state index contributed by atoms with van der Waals surface area (Å²) in [6.45, 7) is 0. The Bertz CT molecular complexity index is 753. The van der Waals surface area contributed by atoms with Crippen molar-refractivity contribution < 1.29 is 29.6 Å². The zero-order valence-corrected chi connectivity index (χ0v) is 11.7. The van der Waals surface area contributed by atoms with E-state index in [0.29, 0.717) is 11.3 Å². The molecule has 114 valence electrons. The number of rotatable bonds is 2. The number of ketones is 1. The number of carbonyl (C=O) groups is 1. The van der Waals surface area contributed by atoms with Gasteiger partial charge in [-0.3, -0.25) is 4.79 Å². The van der Waals surface area contributed by atoms with Crippen molar-refractivity contribution in [1.82, 2.24) is 0 Å². The largest absolute Gasteiger partial charge is 0.508 e. The Labute approximate surface area is 126 Å². The minimum absolute atomic E-state index is 0.0401. The average molecular weight is 302 g/mol. The standard InChI is InChI=1S/C16H14O6/c1-21-8-2-3-10(17)9(6-8)14-7-13(20)15-11(18)4-5-12(19)16(15)22-14/h2-6,14,17-19H,7H2,1H3/t14-/m0/s1. The summed E-state index contributed by atoms with van der Waals surface area (Å²) < 4.78 is 10.7. The van der Waals surface area contributed by atoms with Crippen LogP contribution in [0.2, 0.25) is 0 Å². The van der Waals surface area contributed by atoms with Crippen molar-refractivity contribution in [2.24, 2.45) is 0 Å². The lowest BCUT2D eigenvalue weighted by Gasteiger charge is -2.27. The van der Waals surface area contributed by atoms with E-state index in [-0.39, 0.29) is 40.8 Å². The number of aromatic hydroxyl groups is 3. The lowest BCUT2D eigenvalue weighted by Crippen LogP contribution is -2.20. The molecule has 1 atom stereocenters. The van der Waals surface area contributed by atoms with E-state index in [9.17, 15) is 20.1 Å². The molecule has 0 radical (unpaired) electrons. The van der Waals surface area contributed by atoms with E-state index >= 15 is 0 Å². The number of phenolic OH excluding ortho intramolecular Hbond substituents is 3. The second kappa shape index (κ2) is 5.14. The van der Waals surface area contributed by atoms with Gasteiger partial charge in [-0.05, 0) is 30.3 Å². The van der Waals surface area contributed by atoms with Crippen molar-refractivity contribution in [2.45, 2.75) is 12.5 Å². The molecule has 1 aliphatic rings. The molecule has 0 spiro atoms. The highest BCUT2D eigenvalue weighted by Gasteiger charge is 2.33. The molecule has 2 aromatic rings. The molecule has 1 aliphatic heterocycles. The Morgan fingerprint density at radius 2 is 1.77 bits per heavy atom. The van der Waals surface area contributed by atoms with Crippen LogP contribution in [0.25, 0.3) is 0 Å². The highest BCUT2D eigenvalue weighted by Crippen LogP contribution is 2.46. The highest BCUT2D eigenvalue weighted by molar-refractivity contribution is 6.03. The molecule has 2 aromatic carbocycles. The van der Waals surface area contributed by atoms with Crippen LogP contribution in [0, 0.1) is 0 Å². The van der Waals surface area contributed by atoms with Gasteiger partial charge in [0.1, 0.15) is 28.9 Å². The third-order valence-corrected chi connectivity index (χ3v) is 3.61. The van der Waals surface area contributed by atoms with Crippen molar-refractivity contribution in [1.29, 1.82) is 0 Å². The molecule has 6 nitrogen and oxygen atoms in total. The summed E-state index contributed by atoms with van der Waals surface area (Å²) >= 11 is 0. The molecule has 3 N–H and O–H groups in total. The number of Topliss-reactive ketones (excluding diaryl/α,β-unsaturated/α-hetero) is 1. The van der Waals surface area contributed by atoms with Gasteiger partial charge in [-0.15, -0.1) is 0 Å². The van der Waals surface area contributed by atoms with Gasteiger partial charge < -0.3 is 24.8 Å². The number of hydrogen-bond donors (Lipinski definition) is 3. The Morgan fingerprint density at radius 3 is 2.50 bits per heavy atom. The minimum Gasteiger partial charge on any atom is -0.508 e. The van der Waals surface area contributed by atoms with Gasteiger partial charge in [0.05, 0.1) is 13.5 Å². The van der Waals surface area contributed by atoms with Crippen LogP contribution in [-0.4, -0.2) is 28.2 Å². The van der Waals surface area contributed by atoms with Crippen molar-refractivity contribution in [2.75, 3.05) is 7.11 Å². The molecule has 0 aromatic heterocycles. The third kappa shape index (κ3) is 2.18. The Kier molecular flexibility index (Phi) is 3.29. The molecule has 0 fully saturated rings. The molecule has 0 aliphatic carbocycles. The van der Waals surface area contributed by atoms with E-state index in [4.69, 9.17) is 9.47 Å². The SMILES string of the molecule is COc1ccc(O)c([C@@H]2CC(=O)c3c(O)ccc(O)c3O2)c1. The lowest BCUT2D eigenvalue weighted by atomic mass is 9.94. The minimum atomic E-state index is -0.775. The maximum Gasteiger partial charge on any atom is 0.176 e. The predicted octanol–water partition coefficient (Wildman–Crippen LogP) is 2.52. The summed E-state index contributed by atoms with van der Waals surface area (Å²) in [5.74, 6) is -0.471. The van der Waals surface area contributed by atoms with Crippen LogP contribution in [0.3, 0.4) is 0 Å². The van der Waals surface area contributed by atoms with E-state index in [1.807, 2.05) is 0 Å². The number of benzene rings is 2. The average Bonchev–Trinajstić information content (AvgIpc) is 2.51. The number of hydrogen-bond acceptors (Lipinski definition) is 6. The van der Waals surface area contributed by atoms with Crippen LogP contribution in [0.1, 0.15) is 28.4 Å². The van der Waals surface area contributed by atoms with Gasteiger partial charge in [0.2, 0.25) is 0 Å². The monoisotopic (exact) mass is 302 g/mol. The lowest BCUT2D eigenvalue weighted by molar-refractivity contribution is 0.0834. The summed E-state index contributed by atoms with van der Waals surface area (Å²) in [4.78, 5) is 12.2. The Morgan fingerprint density at radius 1 is 1.09 bits per heavy atom. The fourth-order valence-corrected chi connectivity index (χ4v) is 2.50. The molecule has 0 saturated heterocycles. The Hall–Kier alpha value is -2.89. The fourth-order valence-electron chi connectivity index (χ4n) is 2.50. The summed E-state index contributed by atoms with van der Waals surface area (Å²) in [6.07, 6.45) is -0.840.